The average molecular weight is 537 g/mol. The summed E-state index contributed by atoms with van der Waals surface area (Å²) < 4.78 is 5.10. The van der Waals surface area contributed by atoms with Crippen molar-refractivity contribution in [3.8, 4) is 0 Å². The molecule has 1 aromatic carbocycles. The Morgan fingerprint density at radius 3 is 2.50 bits per heavy atom. The number of hydrogen-bond acceptors (Lipinski definition) is 6. The standard InChI is InChI=1S/C23H22Cl2N4O7/c24-14-8-12(10-26-18(30)5-3-13-2-1-7-36-13)9-15(25)20(14)22(33)29-17(23(34)35)11-27-21(32)16-4-6-19(31)28-16/h1-3,5,7-9,16-17H,4,6,10-11H2,(H,26,30)(H,27,32)(H,28,31)(H,29,33)(H,34,35)/b5-3+/t16-,17+/m1/s1. The van der Waals surface area contributed by atoms with Crippen molar-refractivity contribution in [3.05, 3.63) is 63.5 Å². The minimum absolute atomic E-state index is 0.0581. The van der Waals surface area contributed by atoms with Crippen molar-refractivity contribution in [2.24, 2.45) is 0 Å². The number of carbonyl (C=O) groups is 5. The highest BCUT2D eigenvalue weighted by Gasteiger charge is 2.29. The topological polar surface area (TPSA) is 167 Å². The van der Waals surface area contributed by atoms with Crippen LogP contribution in [0.4, 0.5) is 0 Å². The fourth-order valence-corrected chi connectivity index (χ4v) is 4.01. The number of nitrogens with one attached hydrogen (secondary N) is 4. The molecule has 36 heavy (non-hydrogen) atoms. The van der Waals surface area contributed by atoms with Gasteiger partial charge in [0.25, 0.3) is 5.91 Å². The van der Waals surface area contributed by atoms with Crippen LogP contribution in [0.5, 0.6) is 0 Å². The Balaban J connectivity index is 1.58. The number of hydrogen-bond donors (Lipinski definition) is 5. The molecule has 2 heterocycles. The number of amides is 4. The van der Waals surface area contributed by atoms with E-state index >= 15 is 0 Å². The summed E-state index contributed by atoms with van der Waals surface area (Å²) in [5.74, 6) is -2.97. The van der Waals surface area contributed by atoms with Crippen LogP contribution in [0.1, 0.15) is 34.5 Å². The van der Waals surface area contributed by atoms with Gasteiger partial charge in [-0.2, -0.15) is 0 Å². The van der Waals surface area contributed by atoms with Gasteiger partial charge in [-0.3, -0.25) is 19.2 Å². The molecule has 0 radical (unpaired) electrons. The Morgan fingerprint density at radius 2 is 1.92 bits per heavy atom. The van der Waals surface area contributed by atoms with E-state index in [2.05, 4.69) is 21.3 Å². The minimum atomic E-state index is -1.48. The van der Waals surface area contributed by atoms with Crippen LogP contribution in [-0.4, -0.2) is 53.3 Å². The highest BCUT2D eigenvalue weighted by molar-refractivity contribution is 6.39. The molecule has 0 aliphatic carbocycles. The van der Waals surface area contributed by atoms with Crippen LogP contribution in [0.25, 0.3) is 6.08 Å². The molecule has 4 amide bonds. The molecule has 1 aliphatic rings. The molecule has 0 bridgehead atoms. The van der Waals surface area contributed by atoms with Gasteiger partial charge in [0.2, 0.25) is 17.7 Å². The Morgan fingerprint density at radius 1 is 1.19 bits per heavy atom. The van der Waals surface area contributed by atoms with E-state index < -0.39 is 42.3 Å². The van der Waals surface area contributed by atoms with Gasteiger partial charge in [-0.05, 0) is 42.3 Å². The molecule has 0 spiro atoms. The summed E-state index contributed by atoms with van der Waals surface area (Å²) in [7, 11) is 0. The third kappa shape index (κ3) is 7.33. The molecule has 1 saturated heterocycles. The molecule has 5 N–H and O–H groups in total. The number of carbonyl (C=O) groups excluding carboxylic acids is 4. The first-order valence-electron chi connectivity index (χ1n) is 10.7. The van der Waals surface area contributed by atoms with Gasteiger partial charge in [0.05, 0.1) is 21.9 Å². The third-order valence-electron chi connectivity index (χ3n) is 5.13. The molecule has 0 saturated carbocycles. The van der Waals surface area contributed by atoms with Crippen molar-refractivity contribution in [2.75, 3.05) is 6.54 Å². The molecule has 0 unspecified atom stereocenters. The second-order valence-corrected chi connectivity index (χ2v) is 8.58. The molecule has 1 fully saturated rings. The SMILES string of the molecule is O=C(/C=C/c1ccco1)NCc1cc(Cl)c(C(=O)N[C@@H](CNC(=O)[C@H]2CCC(=O)N2)C(=O)O)c(Cl)c1. The van der Waals surface area contributed by atoms with E-state index in [9.17, 15) is 29.1 Å². The predicted octanol–water partition coefficient (Wildman–Crippen LogP) is 1.49. The van der Waals surface area contributed by atoms with Gasteiger partial charge in [-0.15, -0.1) is 0 Å². The van der Waals surface area contributed by atoms with Crippen molar-refractivity contribution in [3.63, 3.8) is 0 Å². The van der Waals surface area contributed by atoms with Gasteiger partial charge in [0, 0.05) is 25.6 Å². The quantitative estimate of drug-likeness (QED) is 0.286. The maximum absolute atomic E-state index is 12.7. The van der Waals surface area contributed by atoms with Gasteiger partial charge in [-0.25, -0.2) is 4.79 Å². The first-order chi connectivity index (χ1) is 17.1. The number of carboxylic acid groups (broad SMARTS) is 1. The lowest BCUT2D eigenvalue weighted by molar-refractivity contribution is -0.139. The van der Waals surface area contributed by atoms with Gasteiger partial charge in [0.15, 0.2) is 0 Å². The number of halogens is 2. The second-order valence-electron chi connectivity index (χ2n) is 7.77. The third-order valence-corrected chi connectivity index (χ3v) is 5.73. The van der Waals surface area contributed by atoms with Crippen LogP contribution in [-0.2, 0) is 25.7 Å². The molecule has 11 nitrogen and oxygen atoms in total. The molecule has 2 atom stereocenters. The van der Waals surface area contributed by atoms with E-state index in [4.69, 9.17) is 27.6 Å². The van der Waals surface area contributed by atoms with E-state index in [1.165, 1.54) is 30.5 Å². The summed E-state index contributed by atoms with van der Waals surface area (Å²) in [5.41, 5.74) is 0.341. The number of benzene rings is 1. The van der Waals surface area contributed by atoms with Crippen LogP contribution in [0, 0.1) is 0 Å². The summed E-state index contributed by atoms with van der Waals surface area (Å²) in [4.78, 5) is 59.7. The number of carboxylic acids is 1. The zero-order valence-electron chi connectivity index (χ0n) is 18.7. The van der Waals surface area contributed by atoms with Crippen molar-refractivity contribution < 1.29 is 33.5 Å². The maximum Gasteiger partial charge on any atom is 0.328 e. The summed E-state index contributed by atoms with van der Waals surface area (Å²) in [6.07, 6.45) is 4.76. The van der Waals surface area contributed by atoms with Gasteiger partial charge >= 0.3 is 5.97 Å². The molecule has 1 aromatic heterocycles. The summed E-state index contributed by atoms with van der Waals surface area (Å²) in [5, 5.41) is 19.1. The Labute approximate surface area is 215 Å². The van der Waals surface area contributed by atoms with Gasteiger partial charge in [0.1, 0.15) is 17.8 Å². The summed E-state index contributed by atoms with van der Waals surface area (Å²) in [6, 6.07) is 3.97. The van der Waals surface area contributed by atoms with E-state index in [0.29, 0.717) is 17.7 Å². The first-order valence-corrected chi connectivity index (χ1v) is 11.5. The molecular formula is C23H22Cl2N4O7. The lowest BCUT2D eigenvalue weighted by Crippen LogP contribution is -2.51. The molecule has 13 heteroatoms. The fourth-order valence-electron chi connectivity index (χ4n) is 3.30. The minimum Gasteiger partial charge on any atom is -0.480 e. The number of aliphatic carboxylic acids is 1. The summed E-state index contributed by atoms with van der Waals surface area (Å²) in [6.45, 7) is -0.360. The van der Waals surface area contributed by atoms with Crippen LogP contribution < -0.4 is 21.3 Å². The van der Waals surface area contributed by atoms with Crippen LogP contribution in [0.15, 0.2) is 41.0 Å². The number of furan rings is 1. The van der Waals surface area contributed by atoms with Crippen molar-refractivity contribution in [1.82, 2.24) is 21.3 Å². The van der Waals surface area contributed by atoms with E-state index in [1.807, 2.05) is 0 Å². The molecule has 2 aromatic rings. The first kappa shape index (κ1) is 26.8. The van der Waals surface area contributed by atoms with Gasteiger partial charge in [-0.1, -0.05) is 23.2 Å². The van der Waals surface area contributed by atoms with Crippen molar-refractivity contribution in [2.45, 2.75) is 31.5 Å². The fraction of sp³-hybridized carbons (Fsp3) is 0.261. The van der Waals surface area contributed by atoms with E-state index in [-0.39, 0.29) is 34.5 Å². The average Bonchev–Trinajstić information content (AvgIpc) is 3.50. The highest BCUT2D eigenvalue weighted by Crippen LogP contribution is 2.27. The van der Waals surface area contributed by atoms with Crippen molar-refractivity contribution >= 4 is 58.9 Å². The molecule has 1 aliphatic heterocycles. The largest absolute Gasteiger partial charge is 0.480 e. The van der Waals surface area contributed by atoms with Crippen LogP contribution in [0.3, 0.4) is 0 Å². The predicted molar refractivity (Wildman–Crippen MR) is 129 cm³/mol. The van der Waals surface area contributed by atoms with Crippen molar-refractivity contribution in [1.29, 1.82) is 0 Å². The Kier molecular flexibility index (Phi) is 9.09. The maximum atomic E-state index is 12.7. The number of rotatable bonds is 10. The molecule has 190 valence electrons. The second kappa shape index (κ2) is 12.2. The van der Waals surface area contributed by atoms with E-state index in [1.54, 1.807) is 12.1 Å². The lowest BCUT2D eigenvalue weighted by atomic mass is 10.1. The lowest BCUT2D eigenvalue weighted by Gasteiger charge is -2.18. The smallest absolute Gasteiger partial charge is 0.328 e. The Bertz CT molecular complexity index is 1170. The normalized spacial score (nSPS) is 15.8. The zero-order valence-corrected chi connectivity index (χ0v) is 20.2. The molecule has 3 rings (SSSR count). The van der Waals surface area contributed by atoms with Crippen LogP contribution >= 0.6 is 23.2 Å². The molecular weight excluding hydrogens is 515 g/mol. The van der Waals surface area contributed by atoms with Gasteiger partial charge < -0.3 is 30.8 Å². The zero-order chi connectivity index (χ0) is 26.2. The monoisotopic (exact) mass is 536 g/mol. The van der Waals surface area contributed by atoms with E-state index in [0.717, 1.165) is 0 Å². The highest BCUT2D eigenvalue weighted by atomic mass is 35.5. The summed E-state index contributed by atoms with van der Waals surface area (Å²) >= 11 is 12.4. The Hall–Kier alpha value is -3.83. The van der Waals surface area contributed by atoms with Crippen LogP contribution in [0.2, 0.25) is 10.0 Å².